The van der Waals surface area contributed by atoms with Crippen LogP contribution in [0.2, 0.25) is 5.02 Å². The van der Waals surface area contributed by atoms with Crippen LogP contribution in [0.15, 0.2) is 42.5 Å². The van der Waals surface area contributed by atoms with Gasteiger partial charge in [0.15, 0.2) is 11.5 Å². The van der Waals surface area contributed by atoms with Gasteiger partial charge in [-0.15, -0.1) is 0 Å². The van der Waals surface area contributed by atoms with Gasteiger partial charge < -0.3 is 19.7 Å². The van der Waals surface area contributed by atoms with Crippen molar-refractivity contribution in [3.63, 3.8) is 0 Å². The maximum atomic E-state index is 13.7. The molecule has 2 aromatic rings. The van der Waals surface area contributed by atoms with Gasteiger partial charge in [-0.3, -0.25) is 13.9 Å². The highest BCUT2D eigenvalue weighted by atomic mass is 35.5. The fraction of sp³-hybridized carbons (Fsp3) is 0.462. The second kappa shape index (κ2) is 12.5. The molecule has 0 bridgehead atoms. The van der Waals surface area contributed by atoms with Crippen LogP contribution in [0, 0.1) is 0 Å². The van der Waals surface area contributed by atoms with E-state index in [9.17, 15) is 18.0 Å². The van der Waals surface area contributed by atoms with Crippen LogP contribution in [0.1, 0.15) is 39.7 Å². The molecule has 1 aliphatic rings. The van der Waals surface area contributed by atoms with Crippen LogP contribution >= 0.6 is 11.6 Å². The fourth-order valence-corrected chi connectivity index (χ4v) is 4.92. The van der Waals surface area contributed by atoms with Crippen molar-refractivity contribution in [2.24, 2.45) is 0 Å². The average Bonchev–Trinajstić information content (AvgIpc) is 2.90. The number of nitrogens with one attached hydrogen (secondary N) is 1. The summed E-state index contributed by atoms with van der Waals surface area (Å²) in [6.07, 6.45) is 0.732. The molecule has 9 nitrogen and oxygen atoms in total. The smallest absolute Gasteiger partial charge is 0.244 e. The number of sulfonamides is 1. The summed E-state index contributed by atoms with van der Waals surface area (Å²) in [7, 11) is -3.84. The maximum Gasteiger partial charge on any atom is 0.244 e. The first-order chi connectivity index (χ1) is 17.6. The number of hydrogen-bond acceptors (Lipinski definition) is 6. The summed E-state index contributed by atoms with van der Waals surface area (Å²) < 4.78 is 38.4. The zero-order valence-corrected chi connectivity index (χ0v) is 23.1. The SMILES string of the molecule is CC[C@@H](C)NC(=O)[C@H](C)N(Cc1ccc(Cl)cc1)C(=O)CN(c1ccc2c(c1)OCCO2)S(=O)(=O)CC. The Morgan fingerprint density at radius 3 is 2.30 bits per heavy atom. The summed E-state index contributed by atoms with van der Waals surface area (Å²) >= 11 is 6.01. The molecule has 0 radical (unpaired) electrons. The van der Waals surface area contributed by atoms with Crippen LogP contribution < -0.4 is 19.1 Å². The van der Waals surface area contributed by atoms with E-state index in [1.54, 1.807) is 49.4 Å². The Kier molecular flexibility index (Phi) is 9.67. The minimum atomic E-state index is -3.84. The summed E-state index contributed by atoms with van der Waals surface area (Å²) in [5.74, 6) is -0.132. The van der Waals surface area contributed by atoms with Crippen LogP contribution in [-0.4, -0.2) is 62.7 Å². The lowest BCUT2D eigenvalue weighted by molar-refractivity contribution is -0.139. The van der Waals surface area contributed by atoms with Gasteiger partial charge in [-0.2, -0.15) is 0 Å². The number of anilines is 1. The molecule has 2 atom stereocenters. The Morgan fingerprint density at radius 1 is 1.03 bits per heavy atom. The molecule has 0 aliphatic carbocycles. The lowest BCUT2D eigenvalue weighted by Crippen LogP contribution is -2.52. The Morgan fingerprint density at radius 2 is 1.68 bits per heavy atom. The van der Waals surface area contributed by atoms with Gasteiger partial charge in [0.1, 0.15) is 25.8 Å². The highest BCUT2D eigenvalue weighted by Gasteiger charge is 2.32. The first-order valence-electron chi connectivity index (χ1n) is 12.3. The molecule has 37 heavy (non-hydrogen) atoms. The van der Waals surface area contributed by atoms with E-state index in [1.807, 2.05) is 13.8 Å². The number of rotatable bonds is 11. The molecular weight excluding hydrogens is 518 g/mol. The summed E-state index contributed by atoms with van der Waals surface area (Å²) in [4.78, 5) is 28.1. The molecule has 0 saturated heterocycles. The molecule has 11 heteroatoms. The molecule has 1 heterocycles. The highest BCUT2D eigenvalue weighted by molar-refractivity contribution is 7.92. The van der Waals surface area contributed by atoms with Gasteiger partial charge in [0, 0.05) is 23.7 Å². The van der Waals surface area contributed by atoms with Crippen molar-refractivity contribution in [1.29, 1.82) is 0 Å². The molecule has 1 N–H and O–H groups in total. The van der Waals surface area contributed by atoms with Crippen LogP contribution in [0.5, 0.6) is 11.5 Å². The monoisotopic (exact) mass is 551 g/mol. The zero-order chi connectivity index (χ0) is 27.2. The molecule has 0 spiro atoms. The molecule has 2 amide bonds. The highest BCUT2D eigenvalue weighted by Crippen LogP contribution is 2.35. The molecule has 0 unspecified atom stereocenters. The number of carbonyl (C=O) groups excluding carboxylic acids is 2. The summed E-state index contributed by atoms with van der Waals surface area (Å²) in [6, 6.07) is 10.8. The van der Waals surface area contributed by atoms with Crippen LogP contribution in [0.25, 0.3) is 0 Å². The van der Waals surface area contributed by atoms with E-state index in [4.69, 9.17) is 21.1 Å². The van der Waals surface area contributed by atoms with E-state index in [0.717, 1.165) is 16.3 Å². The van der Waals surface area contributed by atoms with Gasteiger partial charge >= 0.3 is 0 Å². The second-order valence-corrected chi connectivity index (χ2v) is 11.5. The number of halogens is 1. The van der Waals surface area contributed by atoms with Gasteiger partial charge in [0.2, 0.25) is 21.8 Å². The third-order valence-corrected chi connectivity index (χ3v) is 8.22. The predicted octanol–water partition coefficient (Wildman–Crippen LogP) is 3.60. The zero-order valence-electron chi connectivity index (χ0n) is 21.6. The van der Waals surface area contributed by atoms with Crippen molar-refractivity contribution in [2.75, 3.05) is 29.8 Å². The van der Waals surface area contributed by atoms with Crippen molar-refractivity contribution < 1.29 is 27.5 Å². The van der Waals surface area contributed by atoms with Gasteiger partial charge in [-0.25, -0.2) is 8.42 Å². The van der Waals surface area contributed by atoms with Gasteiger partial charge in [-0.1, -0.05) is 30.7 Å². The minimum absolute atomic E-state index is 0.0721. The minimum Gasteiger partial charge on any atom is -0.486 e. The summed E-state index contributed by atoms with van der Waals surface area (Å²) in [5.41, 5.74) is 1.03. The molecular formula is C26H34ClN3O6S. The molecule has 202 valence electrons. The third kappa shape index (κ3) is 7.29. The van der Waals surface area contributed by atoms with Gasteiger partial charge in [0.05, 0.1) is 11.4 Å². The summed E-state index contributed by atoms with van der Waals surface area (Å²) in [5, 5.41) is 3.45. The standard InChI is InChI=1S/C26H34ClN3O6S/c1-5-18(3)28-26(32)19(4)29(16-20-7-9-21(27)10-8-20)25(31)17-30(37(33,34)6-2)22-11-12-23-24(15-22)36-14-13-35-23/h7-12,15,18-19H,5-6,13-14,16-17H2,1-4H3,(H,28,32)/t18-,19+/m1/s1. The second-order valence-electron chi connectivity index (χ2n) is 8.88. The number of fused-ring (bicyclic) bond motifs is 1. The Balaban J connectivity index is 1.94. The van der Waals surface area contributed by atoms with Crippen molar-refractivity contribution in [3.05, 3.63) is 53.1 Å². The maximum absolute atomic E-state index is 13.7. The number of carbonyl (C=O) groups is 2. The van der Waals surface area contributed by atoms with Crippen molar-refractivity contribution in [1.82, 2.24) is 10.2 Å². The van der Waals surface area contributed by atoms with Crippen LogP contribution in [0.4, 0.5) is 5.69 Å². The largest absolute Gasteiger partial charge is 0.486 e. The van der Waals surface area contributed by atoms with Crippen molar-refractivity contribution in [2.45, 2.75) is 52.7 Å². The first-order valence-corrected chi connectivity index (χ1v) is 14.3. The number of amides is 2. The molecule has 0 aromatic heterocycles. The van der Waals surface area contributed by atoms with E-state index in [1.165, 1.54) is 11.8 Å². The van der Waals surface area contributed by atoms with Crippen LogP contribution in [-0.2, 0) is 26.2 Å². The normalized spacial score (nSPS) is 14.4. The van der Waals surface area contributed by atoms with Gasteiger partial charge in [0.25, 0.3) is 0 Å². The summed E-state index contributed by atoms with van der Waals surface area (Å²) in [6.45, 7) is 7.34. The topological polar surface area (TPSA) is 105 Å². The van der Waals surface area contributed by atoms with E-state index < -0.39 is 28.5 Å². The number of benzene rings is 2. The predicted molar refractivity (Wildman–Crippen MR) is 144 cm³/mol. The molecule has 3 rings (SSSR count). The Bertz CT molecular complexity index is 1210. The third-order valence-electron chi connectivity index (χ3n) is 6.23. The van der Waals surface area contributed by atoms with E-state index in [0.29, 0.717) is 29.7 Å². The Hall–Kier alpha value is -2.98. The average molecular weight is 552 g/mol. The van der Waals surface area contributed by atoms with E-state index in [-0.39, 0.29) is 29.9 Å². The molecule has 0 saturated carbocycles. The Labute approximate surface area is 223 Å². The molecule has 0 fully saturated rings. The lowest BCUT2D eigenvalue weighted by atomic mass is 10.1. The van der Waals surface area contributed by atoms with Crippen molar-refractivity contribution in [3.8, 4) is 11.5 Å². The molecule has 2 aromatic carbocycles. The quantitative estimate of drug-likeness (QED) is 0.457. The number of ether oxygens (including phenoxy) is 2. The number of nitrogens with zero attached hydrogens (tertiary/aromatic N) is 2. The number of hydrogen-bond donors (Lipinski definition) is 1. The lowest BCUT2D eigenvalue weighted by Gasteiger charge is -2.32. The van der Waals surface area contributed by atoms with Crippen molar-refractivity contribution >= 4 is 39.1 Å². The fourth-order valence-electron chi connectivity index (χ4n) is 3.74. The molecule has 1 aliphatic heterocycles. The first kappa shape index (κ1) is 28.6. The van der Waals surface area contributed by atoms with E-state index in [2.05, 4.69) is 5.32 Å². The van der Waals surface area contributed by atoms with Crippen LogP contribution in [0.3, 0.4) is 0 Å². The van der Waals surface area contributed by atoms with E-state index >= 15 is 0 Å². The van der Waals surface area contributed by atoms with Gasteiger partial charge in [-0.05, 0) is 57.0 Å².